The van der Waals surface area contributed by atoms with Crippen LogP contribution in [0.1, 0.15) is 30.5 Å². The Kier molecular flexibility index (Phi) is 3.28. The van der Waals surface area contributed by atoms with Crippen LogP contribution in [-0.2, 0) is 5.41 Å². The lowest BCUT2D eigenvalue weighted by molar-refractivity contribution is 0.660. The van der Waals surface area contributed by atoms with Gasteiger partial charge in [0.1, 0.15) is 0 Å². The van der Waals surface area contributed by atoms with Gasteiger partial charge in [0.15, 0.2) is 0 Å². The molecule has 1 aliphatic carbocycles. The molecule has 0 amide bonds. The lowest BCUT2D eigenvalue weighted by atomic mass is 9.82. The van der Waals surface area contributed by atoms with Crippen molar-refractivity contribution in [2.45, 2.75) is 26.2 Å². The maximum Gasteiger partial charge on any atom is 0.0414 e. The quantitative estimate of drug-likeness (QED) is 0.555. The topological polar surface area (TPSA) is 3.24 Å². The van der Waals surface area contributed by atoms with Crippen molar-refractivity contribution < 1.29 is 0 Å². The average molecular weight is 313 g/mol. The van der Waals surface area contributed by atoms with Gasteiger partial charge in [-0.05, 0) is 53.4 Å². The lowest BCUT2D eigenvalue weighted by Gasteiger charge is -2.23. The van der Waals surface area contributed by atoms with Crippen LogP contribution in [0.4, 0.5) is 11.4 Å². The fourth-order valence-corrected chi connectivity index (χ4v) is 3.88. The summed E-state index contributed by atoms with van der Waals surface area (Å²) in [5, 5.41) is 0. The number of hydrogen-bond acceptors (Lipinski definition) is 1. The Balaban J connectivity index is 1.86. The number of rotatable bonds is 2. The lowest BCUT2D eigenvalue weighted by Crippen LogP contribution is -2.15. The number of aryl methyl sites for hydroxylation is 1. The Morgan fingerprint density at radius 1 is 0.708 bits per heavy atom. The van der Waals surface area contributed by atoms with Gasteiger partial charge in [0.2, 0.25) is 0 Å². The van der Waals surface area contributed by atoms with Crippen molar-refractivity contribution in [3.63, 3.8) is 0 Å². The van der Waals surface area contributed by atoms with Gasteiger partial charge < -0.3 is 4.90 Å². The van der Waals surface area contributed by atoms with Gasteiger partial charge in [-0.2, -0.15) is 0 Å². The molecule has 1 aliphatic rings. The van der Waals surface area contributed by atoms with Crippen LogP contribution in [0.5, 0.6) is 0 Å². The molecule has 3 aromatic carbocycles. The van der Waals surface area contributed by atoms with E-state index in [0.717, 1.165) is 0 Å². The molecule has 1 heteroatoms. The number of benzene rings is 3. The van der Waals surface area contributed by atoms with E-state index in [1.54, 1.807) is 0 Å². The summed E-state index contributed by atoms with van der Waals surface area (Å²) in [5.41, 5.74) is 9.44. The summed E-state index contributed by atoms with van der Waals surface area (Å²) in [5.74, 6) is 0. The van der Waals surface area contributed by atoms with Crippen molar-refractivity contribution in [3.8, 4) is 11.1 Å². The molecule has 0 aliphatic heterocycles. The van der Waals surface area contributed by atoms with Crippen LogP contribution in [0.3, 0.4) is 0 Å². The number of anilines is 2. The third-order valence-electron chi connectivity index (χ3n) is 5.35. The molecule has 0 spiro atoms. The zero-order chi connectivity index (χ0) is 16.9. The van der Waals surface area contributed by atoms with Gasteiger partial charge in [-0.15, -0.1) is 0 Å². The standard InChI is InChI=1S/C23H23N/c1-16-10-12-21-19(14-16)20-15-18(11-13-22(20)23(21,2)3)24(4)17-8-6-5-7-9-17/h5-15H,1-4H3. The average Bonchev–Trinajstić information content (AvgIpc) is 2.82. The number of para-hydroxylation sites is 1. The molecule has 0 radical (unpaired) electrons. The van der Waals surface area contributed by atoms with E-state index >= 15 is 0 Å². The molecule has 0 bridgehead atoms. The highest BCUT2D eigenvalue weighted by atomic mass is 15.1. The highest BCUT2D eigenvalue weighted by molar-refractivity contribution is 5.84. The van der Waals surface area contributed by atoms with E-state index < -0.39 is 0 Å². The number of nitrogens with zero attached hydrogens (tertiary/aromatic N) is 1. The fourth-order valence-electron chi connectivity index (χ4n) is 3.88. The molecule has 0 N–H and O–H groups in total. The fraction of sp³-hybridized carbons (Fsp3) is 0.217. The van der Waals surface area contributed by atoms with E-state index in [1.807, 2.05) is 0 Å². The summed E-state index contributed by atoms with van der Waals surface area (Å²) in [6.45, 7) is 6.83. The summed E-state index contributed by atoms with van der Waals surface area (Å²) in [4.78, 5) is 2.25. The maximum absolute atomic E-state index is 2.34. The molecule has 0 aromatic heterocycles. The monoisotopic (exact) mass is 313 g/mol. The summed E-state index contributed by atoms with van der Waals surface area (Å²) < 4.78 is 0. The summed E-state index contributed by atoms with van der Waals surface area (Å²) in [6, 6.07) is 24.3. The third kappa shape index (κ3) is 2.16. The first-order valence-electron chi connectivity index (χ1n) is 8.53. The van der Waals surface area contributed by atoms with Gasteiger partial charge >= 0.3 is 0 Å². The van der Waals surface area contributed by atoms with Crippen molar-refractivity contribution in [2.24, 2.45) is 0 Å². The third-order valence-corrected chi connectivity index (χ3v) is 5.35. The number of fused-ring (bicyclic) bond motifs is 3. The van der Waals surface area contributed by atoms with Crippen LogP contribution in [0.15, 0.2) is 66.7 Å². The van der Waals surface area contributed by atoms with E-state index in [9.17, 15) is 0 Å². The molecule has 120 valence electrons. The van der Waals surface area contributed by atoms with Gasteiger partial charge in [-0.1, -0.05) is 61.9 Å². The smallest absolute Gasteiger partial charge is 0.0414 e. The van der Waals surface area contributed by atoms with Gasteiger partial charge in [-0.3, -0.25) is 0 Å². The zero-order valence-electron chi connectivity index (χ0n) is 14.8. The molecule has 0 unspecified atom stereocenters. The Morgan fingerprint density at radius 2 is 1.33 bits per heavy atom. The molecular formula is C23H23N. The first-order chi connectivity index (χ1) is 11.5. The van der Waals surface area contributed by atoms with Crippen molar-refractivity contribution >= 4 is 11.4 Å². The first kappa shape index (κ1) is 15.0. The van der Waals surface area contributed by atoms with Crippen LogP contribution >= 0.6 is 0 Å². The molecular weight excluding hydrogens is 290 g/mol. The largest absolute Gasteiger partial charge is 0.345 e. The molecule has 0 heterocycles. The molecule has 0 atom stereocenters. The van der Waals surface area contributed by atoms with E-state index in [1.165, 1.54) is 39.2 Å². The molecule has 24 heavy (non-hydrogen) atoms. The van der Waals surface area contributed by atoms with Crippen molar-refractivity contribution in [3.05, 3.63) is 83.4 Å². The van der Waals surface area contributed by atoms with E-state index in [-0.39, 0.29) is 5.41 Å². The second kappa shape index (κ2) is 5.24. The van der Waals surface area contributed by atoms with Gasteiger partial charge in [0.05, 0.1) is 0 Å². The number of hydrogen-bond donors (Lipinski definition) is 0. The predicted octanol–water partition coefficient (Wildman–Crippen LogP) is 6.07. The van der Waals surface area contributed by atoms with Gasteiger partial charge in [0, 0.05) is 23.8 Å². The van der Waals surface area contributed by atoms with Crippen molar-refractivity contribution in [2.75, 3.05) is 11.9 Å². The first-order valence-corrected chi connectivity index (χ1v) is 8.53. The maximum atomic E-state index is 2.34. The Bertz CT molecular complexity index is 907. The van der Waals surface area contributed by atoms with Crippen LogP contribution < -0.4 is 4.90 Å². The highest BCUT2D eigenvalue weighted by Crippen LogP contribution is 2.50. The van der Waals surface area contributed by atoms with E-state index in [2.05, 4.69) is 99.4 Å². The van der Waals surface area contributed by atoms with Crippen molar-refractivity contribution in [1.82, 2.24) is 0 Å². The highest BCUT2D eigenvalue weighted by Gasteiger charge is 2.35. The van der Waals surface area contributed by atoms with Crippen molar-refractivity contribution in [1.29, 1.82) is 0 Å². The molecule has 3 aromatic rings. The van der Waals surface area contributed by atoms with Crippen LogP contribution in [0.2, 0.25) is 0 Å². The van der Waals surface area contributed by atoms with Crippen LogP contribution in [0, 0.1) is 6.92 Å². The summed E-state index contributed by atoms with van der Waals surface area (Å²) >= 11 is 0. The molecule has 1 nitrogen and oxygen atoms in total. The summed E-state index contributed by atoms with van der Waals surface area (Å²) in [7, 11) is 2.13. The SMILES string of the molecule is Cc1ccc2c(c1)-c1cc(N(C)c3ccccc3)ccc1C2(C)C. The van der Waals surface area contributed by atoms with Gasteiger partial charge in [-0.25, -0.2) is 0 Å². The van der Waals surface area contributed by atoms with Crippen LogP contribution in [0.25, 0.3) is 11.1 Å². The second-order valence-corrected chi connectivity index (χ2v) is 7.30. The van der Waals surface area contributed by atoms with E-state index in [0.29, 0.717) is 0 Å². The minimum absolute atomic E-state index is 0.0716. The second-order valence-electron chi connectivity index (χ2n) is 7.30. The molecule has 0 saturated carbocycles. The van der Waals surface area contributed by atoms with E-state index in [4.69, 9.17) is 0 Å². The Morgan fingerprint density at radius 3 is 2.04 bits per heavy atom. The van der Waals surface area contributed by atoms with Crippen LogP contribution in [-0.4, -0.2) is 7.05 Å². The minimum Gasteiger partial charge on any atom is -0.345 e. The minimum atomic E-state index is 0.0716. The Labute approximate surface area is 144 Å². The Hall–Kier alpha value is -2.54. The summed E-state index contributed by atoms with van der Waals surface area (Å²) in [6.07, 6.45) is 0. The van der Waals surface area contributed by atoms with Gasteiger partial charge in [0.25, 0.3) is 0 Å². The molecule has 0 fully saturated rings. The molecule has 4 rings (SSSR count). The normalized spacial score (nSPS) is 14.2. The molecule has 0 saturated heterocycles. The predicted molar refractivity (Wildman–Crippen MR) is 103 cm³/mol. The zero-order valence-corrected chi connectivity index (χ0v) is 14.8.